The molecule has 0 fully saturated rings. The van der Waals surface area contributed by atoms with Crippen molar-refractivity contribution in [3.8, 4) is 0 Å². The lowest BCUT2D eigenvalue weighted by atomic mass is 10.0. The normalized spacial score (nSPS) is 10.2. The molecule has 0 radical (unpaired) electrons. The molecule has 0 spiro atoms. The number of hydrogen-bond acceptors (Lipinski definition) is 2. The maximum Gasteiger partial charge on any atom is 0.272 e. The molecule has 0 aliphatic carbocycles. The molecule has 6 heteroatoms. The molecule has 4 nitrogen and oxygen atoms in total. The molecule has 30 heavy (non-hydrogen) atoms. The zero-order chi connectivity index (χ0) is 19.9. The summed E-state index contributed by atoms with van der Waals surface area (Å²) in [5.41, 5.74) is 17.3. The van der Waals surface area contributed by atoms with Crippen molar-refractivity contribution in [1.82, 2.24) is 0 Å². The largest absolute Gasteiger partial charge is 1.00 e. The monoisotopic (exact) mass is 630 g/mol. The SMILES string of the molecule is Cc1cc[n+](CCCc2ccc(CCC[n+]3ccc(C)cc3N)cc2)c(N)c1.[I-].[I-]. The minimum atomic E-state index is 0. The molecule has 0 bridgehead atoms. The molecule has 0 unspecified atom stereocenters. The van der Waals surface area contributed by atoms with Gasteiger partial charge in [-0.25, -0.2) is 9.13 Å². The van der Waals surface area contributed by atoms with Gasteiger partial charge < -0.3 is 48.0 Å². The van der Waals surface area contributed by atoms with Gasteiger partial charge in [0.15, 0.2) is 0 Å². The summed E-state index contributed by atoms with van der Waals surface area (Å²) in [6.07, 6.45) is 8.45. The van der Waals surface area contributed by atoms with E-state index in [4.69, 9.17) is 11.5 Å². The standard InChI is InChI=1S/C24H30N4.2HI/c1-19-11-15-27(23(25)17-19)13-3-5-21-7-9-22(10-8-21)6-4-14-28-16-12-20(2)18-24(28)26;;/h7-12,15-18,25-26H,3-6,13-14H2,1-2H3;2*1H. The summed E-state index contributed by atoms with van der Waals surface area (Å²) in [7, 11) is 0. The van der Waals surface area contributed by atoms with Crippen LogP contribution in [0.5, 0.6) is 0 Å². The van der Waals surface area contributed by atoms with E-state index in [0.717, 1.165) is 50.4 Å². The number of nitrogen functional groups attached to an aromatic ring is 2. The lowest BCUT2D eigenvalue weighted by molar-refractivity contribution is -0.683. The number of aryl methyl sites for hydroxylation is 6. The first-order valence-corrected chi connectivity index (χ1v) is 10.1. The molecule has 2 aromatic heterocycles. The van der Waals surface area contributed by atoms with Crippen LogP contribution in [0.2, 0.25) is 0 Å². The molecular formula is C24H32I2N4. The summed E-state index contributed by atoms with van der Waals surface area (Å²) in [6.45, 7) is 6.03. The van der Waals surface area contributed by atoms with Crippen LogP contribution in [0.15, 0.2) is 60.9 Å². The van der Waals surface area contributed by atoms with Crippen molar-refractivity contribution in [3.63, 3.8) is 0 Å². The summed E-state index contributed by atoms with van der Waals surface area (Å²) in [4.78, 5) is 0. The van der Waals surface area contributed by atoms with Crippen molar-refractivity contribution in [2.45, 2.75) is 52.6 Å². The Morgan fingerprint density at radius 3 is 1.33 bits per heavy atom. The van der Waals surface area contributed by atoms with E-state index in [2.05, 4.69) is 71.8 Å². The van der Waals surface area contributed by atoms with Crippen molar-refractivity contribution >= 4 is 11.6 Å². The lowest BCUT2D eigenvalue weighted by Crippen LogP contribution is -3.00. The first kappa shape index (κ1) is 26.6. The second-order valence-corrected chi connectivity index (χ2v) is 7.67. The highest BCUT2D eigenvalue weighted by Crippen LogP contribution is 2.10. The van der Waals surface area contributed by atoms with Crippen LogP contribution >= 0.6 is 0 Å². The highest BCUT2D eigenvalue weighted by atomic mass is 127. The number of nitrogens with two attached hydrogens (primary N) is 2. The van der Waals surface area contributed by atoms with Gasteiger partial charge in [-0.2, -0.15) is 0 Å². The summed E-state index contributed by atoms with van der Waals surface area (Å²) in [5, 5.41) is 0. The maximum atomic E-state index is 6.08. The zero-order valence-corrected chi connectivity index (χ0v) is 22.1. The fourth-order valence-corrected chi connectivity index (χ4v) is 3.50. The van der Waals surface area contributed by atoms with Crippen LogP contribution in [0.4, 0.5) is 11.6 Å². The van der Waals surface area contributed by atoms with E-state index in [0.29, 0.717) is 0 Å². The number of halogens is 2. The quantitative estimate of drug-likeness (QED) is 0.211. The zero-order valence-electron chi connectivity index (χ0n) is 17.8. The van der Waals surface area contributed by atoms with Crippen molar-refractivity contribution in [1.29, 1.82) is 0 Å². The lowest BCUT2D eigenvalue weighted by Gasteiger charge is -2.07. The molecule has 0 atom stereocenters. The molecule has 0 amide bonds. The maximum absolute atomic E-state index is 6.08. The van der Waals surface area contributed by atoms with Gasteiger partial charge in [0, 0.05) is 12.1 Å². The van der Waals surface area contributed by atoms with Gasteiger partial charge in [-0.3, -0.25) is 11.5 Å². The minimum absolute atomic E-state index is 0. The molecule has 4 N–H and O–H groups in total. The van der Waals surface area contributed by atoms with Crippen molar-refractivity contribution in [2.24, 2.45) is 0 Å². The Bertz CT molecular complexity index is 850. The Morgan fingerprint density at radius 2 is 1.00 bits per heavy atom. The Kier molecular flexibility index (Phi) is 11.6. The second-order valence-electron chi connectivity index (χ2n) is 7.67. The highest BCUT2D eigenvalue weighted by Gasteiger charge is 2.06. The third-order valence-corrected chi connectivity index (χ3v) is 5.20. The second kappa shape index (κ2) is 13.1. The number of anilines is 2. The van der Waals surface area contributed by atoms with Gasteiger partial charge in [0.05, 0.1) is 25.5 Å². The molecule has 2 heterocycles. The number of pyridine rings is 2. The molecule has 1 aromatic carbocycles. The number of aromatic nitrogens is 2. The van der Waals surface area contributed by atoms with Gasteiger partial charge in [0.25, 0.3) is 11.6 Å². The molecule has 0 aliphatic rings. The van der Waals surface area contributed by atoms with Crippen LogP contribution in [0.1, 0.15) is 35.1 Å². The van der Waals surface area contributed by atoms with Crippen LogP contribution in [0.25, 0.3) is 0 Å². The molecule has 3 aromatic rings. The Labute approximate surface area is 214 Å². The van der Waals surface area contributed by atoms with Crippen LogP contribution in [-0.4, -0.2) is 0 Å². The van der Waals surface area contributed by atoms with E-state index >= 15 is 0 Å². The van der Waals surface area contributed by atoms with Crippen molar-refractivity contribution in [3.05, 3.63) is 83.2 Å². The Hall–Kier alpha value is -1.42. The van der Waals surface area contributed by atoms with Gasteiger partial charge in [0.2, 0.25) is 0 Å². The van der Waals surface area contributed by atoms with Crippen LogP contribution in [0, 0.1) is 13.8 Å². The minimum Gasteiger partial charge on any atom is -1.00 e. The first-order valence-electron chi connectivity index (χ1n) is 10.1. The van der Waals surface area contributed by atoms with E-state index in [-0.39, 0.29) is 48.0 Å². The number of nitrogens with zero attached hydrogens (tertiary/aromatic N) is 2. The average molecular weight is 630 g/mol. The van der Waals surface area contributed by atoms with Gasteiger partial charge in [0.1, 0.15) is 0 Å². The van der Waals surface area contributed by atoms with E-state index in [1.165, 1.54) is 22.3 Å². The number of benzene rings is 1. The van der Waals surface area contributed by atoms with Gasteiger partial charge in [-0.1, -0.05) is 24.3 Å². The van der Waals surface area contributed by atoms with E-state index in [9.17, 15) is 0 Å². The van der Waals surface area contributed by atoms with Crippen molar-refractivity contribution < 1.29 is 57.1 Å². The molecule has 0 saturated heterocycles. The third-order valence-electron chi connectivity index (χ3n) is 5.20. The smallest absolute Gasteiger partial charge is 0.272 e. The summed E-state index contributed by atoms with van der Waals surface area (Å²) >= 11 is 0. The average Bonchev–Trinajstić information content (AvgIpc) is 2.66. The molecule has 0 saturated carbocycles. The molecule has 0 aliphatic heterocycles. The predicted octanol–water partition coefficient (Wildman–Crippen LogP) is -2.68. The summed E-state index contributed by atoms with van der Waals surface area (Å²) < 4.78 is 4.24. The van der Waals surface area contributed by atoms with Gasteiger partial charge >= 0.3 is 0 Å². The number of rotatable bonds is 8. The van der Waals surface area contributed by atoms with Crippen molar-refractivity contribution in [2.75, 3.05) is 11.5 Å². The van der Waals surface area contributed by atoms with Gasteiger partial charge in [-0.15, -0.1) is 0 Å². The molecule has 3 rings (SSSR count). The van der Waals surface area contributed by atoms with E-state index in [1.807, 2.05) is 12.1 Å². The topological polar surface area (TPSA) is 59.8 Å². The van der Waals surface area contributed by atoms with Crippen LogP contribution in [-0.2, 0) is 25.9 Å². The third kappa shape index (κ3) is 8.02. The fourth-order valence-electron chi connectivity index (χ4n) is 3.50. The fraction of sp³-hybridized carbons (Fsp3) is 0.333. The highest BCUT2D eigenvalue weighted by molar-refractivity contribution is 5.26. The number of hydrogen-bond donors (Lipinski definition) is 2. The summed E-state index contributed by atoms with van der Waals surface area (Å²) in [6, 6.07) is 17.3. The molecule has 162 valence electrons. The first-order chi connectivity index (χ1) is 13.5. The van der Waals surface area contributed by atoms with E-state index < -0.39 is 0 Å². The van der Waals surface area contributed by atoms with E-state index in [1.54, 1.807) is 0 Å². The van der Waals surface area contributed by atoms with Crippen LogP contribution < -0.4 is 68.6 Å². The summed E-state index contributed by atoms with van der Waals surface area (Å²) in [5.74, 6) is 1.67. The van der Waals surface area contributed by atoms with Crippen LogP contribution in [0.3, 0.4) is 0 Å². The van der Waals surface area contributed by atoms with Gasteiger partial charge in [-0.05, 0) is 73.9 Å². The predicted molar refractivity (Wildman–Crippen MR) is 115 cm³/mol. The Balaban J connectivity index is 0.00000225. The molecular weight excluding hydrogens is 598 g/mol. The Morgan fingerprint density at radius 1 is 0.633 bits per heavy atom.